The quantitative estimate of drug-likeness (QED) is 0.683. The highest BCUT2D eigenvalue weighted by atomic mass is 19.3. The lowest BCUT2D eigenvalue weighted by Gasteiger charge is -2.33. The number of hydrogen-bond acceptors (Lipinski definition) is 10. The van der Waals surface area contributed by atoms with Crippen LogP contribution in [0.2, 0.25) is 0 Å². The maximum atomic E-state index is 14.1. The van der Waals surface area contributed by atoms with Crippen molar-refractivity contribution in [2.24, 2.45) is 9.98 Å². The van der Waals surface area contributed by atoms with Crippen molar-refractivity contribution in [3.8, 4) is 5.75 Å². The normalized spacial score (nSPS) is 17.5. The number of nitrogens with one attached hydrogen (secondary N) is 1. The van der Waals surface area contributed by atoms with E-state index in [1.165, 1.54) is 12.4 Å². The average molecular weight is 472 g/mol. The number of rotatable bonds is 4. The van der Waals surface area contributed by atoms with Gasteiger partial charge in [0.1, 0.15) is 11.5 Å². The summed E-state index contributed by atoms with van der Waals surface area (Å²) in [5.74, 6) is 0.0952. The summed E-state index contributed by atoms with van der Waals surface area (Å²) in [6, 6.07) is 3.52. The standard InChI is InChI=1S/C21H22F2N8O3/c1-21(22,23)34-16-14(30-6-8-33-9-7-30)3-2-13-15(16)28-20(31-5-4-25-17(13)31)29-18(32)12-10-26-19(24)27-11-12/h2-3,10-11H,4-9H2,1H3,(H2,24,26,27)(H,28,29,32). The number of alkyl halides is 2. The molecule has 0 radical (unpaired) electrons. The van der Waals surface area contributed by atoms with E-state index < -0.39 is 12.0 Å². The molecule has 1 aromatic carbocycles. The third kappa shape index (κ3) is 4.21. The molecule has 0 bridgehead atoms. The molecule has 11 nitrogen and oxygen atoms in total. The van der Waals surface area contributed by atoms with Gasteiger partial charge in [-0.05, 0) is 12.1 Å². The number of carbonyl (C=O) groups is 1. The lowest BCUT2D eigenvalue weighted by molar-refractivity contribution is -0.158. The number of ether oxygens (including phenoxy) is 2. The van der Waals surface area contributed by atoms with Crippen molar-refractivity contribution in [1.82, 2.24) is 20.2 Å². The fourth-order valence-electron chi connectivity index (χ4n) is 3.96. The summed E-state index contributed by atoms with van der Waals surface area (Å²) in [5.41, 5.74) is 6.84. The first-order chi connectivity index (χ1) is 16.3. The molecule has 2 aromatic rings. The van der Waals surface area contributed by atoms with Crippen molar-refractivity contribution in [2.45, 2.75) is 13.0 Å². The van der Waals surface area contributed by atoms with Gasteiger partial charge < -0.3 is 20.1 Å². The van der Waals surface area contributed by atoms with E-state index in [4.69, 9.17) is 15.2 Å². The first-order valence-electron chi connectivity index (χ1n) is 10.7. The maximum Gasteiger partial charge on any atom is 0.395 e. The number of aliphatic imine (C=N–C) groups is 2. The van der Waals surface area contributed by atoms with E-state index in [0.29, 0.717) is 63.4 Å². The molecule has 4 heterocycles. The average Bonchev–Trinajstić information content (AvgIpc) is 3.30. The summed E-state index contributed by atoms with van der Waals surface area (Å²) in [6.07, 6.45) is -0.877. The van der Waals surface area contributed by atoms with Crippen LogP contribution in [0, 0.1) is 0 Å². The molecule has 1 fully saturated rings. The van der Waals surface area contributed by atoms with Gasteiger partial charge in [-0.2, -0.15) is 8.78 Å². The van der Waals surface area contributed by atoms with Crippen LogP contribution in [0.15, 0.2) is 34.5 Å². The summed E-state index contributed by atoms with van der Waals surface area (Å²) >= 11 is 0. The fourth-order valence-corrected chi connectivity index (χ4v) is 3.96. The highest BCUT2D eigenvalue weighted by Crippen LogP contribution is 2.45. The van der Waals surface area contributed by atoms with Crippen molar-refractivity contribution < 1.29 is 23.0 Å². The van der Waals surface area contributed by atoms with Crippen LogP contribution in [-0.2, 0) is 4.74 Å². The number of halogens is 2. The topological polar surface area (TPSA) is 131 Å². The van der Waals surface area contributed by atoms with Crippen molar-refractivity contribution in [2.75, 3.05) is 50.0 Å². The second kappa shape index (κ2) is 8.48. The number of hydrogen-bond donors (Lipinski definition) is 2. The van der Waals surface area contributed by atoms with Gasteiger partial charge in [-0.1, -0.05) is 0 Å². The summed E-state index contributed by atoms with van der Waals surface area (Å²) in [6.45, 7) is 3.56. The molecule has 13 heteroatoms. The second-order valence-electron chi connectivity index (χ2n) is 7.90. The number of guanidine groups is 1. The SMILES string of the molecule is CC(F)(F)Oc1c(N2CCOCC2)ccc2c1N=C(NC(=O)c1cnc(N)nc1)N1CCN=C21. The smallest absolute Gasteiger partial charge is 0.395 e. The number of nitrogens with zero attached hydrogens (tertiary/aromatic N) is 6. The summed E-state index contributed by atoms with van der Waals surface area (Å²) < 4.78 is 38.7. The minimum absolute atomic E-state index is 0.0346. The predicted molar refractivity (Wildman–Crippen MR) is 120 cm³/mol. The highest BCUT2D eigenvalue weighted by Gasteiger charge is 2.36. The van der Waals surface area contributed by atoms with Gasteiger partial charge in [-0.15, -0.1) is 0 Å². The van der Waals surface area contributed by atoms with E-state index in [1.807, 2.05) is 4.90 Å². The Morgan fingerprint density at radius 2 is 1.94 bits per heavy atom. The molecule has 1 aromatic heterocycles. The molecule has 1 saturated heterocycles. The molecule has 0 spiro atoms. The molecule has 0 atom stereocenters. The first-order valence-corrected chi connectivity index (χ1v) is 10.7. The zero-order valence-corrected chi connectivity index (χ0v) is 18.3. The molecule has 0 aliphatic carbocycles. The summed E-state index contributed by atoms with van der Waals surface area (Å²) in [5, 5.41) is 2.71. The van der Waals surface area contributed by atoms with Crippen LogP contribution in [-0.4, -0.2) is 78.1 Å². The molecule has 178 valence electrons. The number of amides is 1. The second-order valence-corrected chi connectivity index (χ2v) is 7.90. The van der Waals surface area contributed by atoms with Gasteiger partial charge in [0.05, 0.1) is 31.0 Å². The summed E-state index contributed by atoms with van der Waals surface area (Å²) in [4.78, 5) is 33.2. The van der Waals surface area contributed by atoms with Gasteiger partial charge in [0.15, 0.2) is 5.75 Å². The fraction of sp³-hybridized carbons (Fsp3) is 0.381. The Morgan fingerprint density at radius 3 is 2.65 bits per heavy atom. The van der Waals surface area contributed by atoms with Gasteiger partial charge in [-0.3, -0.25) is 20.0 Å². The molecule has 34 heavy (non-hydrogen) atoms. The Bertz CT molecular complexity index is 1170. The van der Waals surface area contributed by atoms with Crippen LogP contribution < -0.4 is 20.7 Å². The molecule has 0 unspecified atom stereocenters. The Balaban J connectivity index is 1.58. The zero-order valence-electron chi connectivity index (χ0n) is 18.3. The van der Waals surface area contributed by atoms with E-state index in [-0.39, 0.29) is 28.9 Å². The largest absolute Gasteiger partial charge is 0.428 e. The molecule has 3 aliphatic heterocycles. The number of benzene rings is 1. The number of carbonyl (C=O) groups excluding carboxylic acids is 1. The van der Waals surface area contributed by atoms with Crippen LogP contribution in [0.5, 0.6) is 5.75 Å². The number of nitrogens with two attached hydrogens (primary N) is 1. The number of nitrogen functional groups attached to an aromatic ring is 1. The molecule has 0 saturated carbocycles. The van der Waals surface area contributed by atoms with E-state index in [1.54, 1.807) is 17.0 Å². The number of morpholine rings is 1. The Kier molecular flexibility index (Phi) is 5.48. The van der Waals surface area contributed by atoms with Gasteiger partial charge in [0, 0.05) is 44.5 Å². The third-order valence-corrected chi connectivity index (χ3v) is 5.46. The minimum Gasteiger partial charge on any atom is -0.428 e. The lowest BCUT2D eigenvalue weighted by Crippen LogP contribution is -2.47. The Morgan fingerprint density at radius 1 is 1.21 bits per heavy atom. The van der Waals surface area contributed by atoms with Crippen molar-refractivity contribution in [1.29, 1.82) is 0 Å². The summed E-state index contributed by atoms with van der Waals surface area (Å²) in [7, 11) is 0. The number of aromatic nitrogens is 2. The number of amidine groups is 1. The minimum atomic E-state index is -3.45. The van der Waals surface area contributed by atoms with Crippen LogP contribution >= 0.6 is 0 Å². The predicted octanol–water partition coefficient (Wildman–Crippen LogP) is 1.38. The Hall–Kier alpha value is -3.87. The van der Waals surface area contributed by atoms with Crippen molar-refractivity contribution in [3.05, 3.63) is 35.7 Å². The van der Waals surface area contributed by atoms with E-state index in [9.17, 15) is 13.6 Å². The molecular formula is C21H22F2N8O3. The maximum absolute atomic E-state index is 14.1. The van der Waals surface area contributed by atoms with Crippen LogP contribution in [0.1, 0.15) is 22.8 Å². The third-order valence-electron chi connectivity index (χ3n) is 5.46. The number of fused-ring (bicyclic) bond motifs is 3. The van der Waals surface area contributed by atoms with Gasteiger partial charge in [-0.25, -0.2) is 15.0 Å². The molecule has 1 amide bonds. The van der Waals surface area contributed by atoms with Gasteiger partial charge in [0.25, 0.3) is 5.91 Å². The molecule has 3 aliphatic rings. The number of anilines is 2. The van der Waals surface area contributed by atoms with E-state index >= 15 is 0 Å². The first kappa shape index (κ1) is 21.9. The Labute approximate surface area is 193 Å². The highest BCUT2D eigenvalue weighted by molar-refractivity contribution is 6.20. The van der Waals surface area contributed by atoms with Crippen LogP contribution in [0.3, 0.4) is 0 Å². The van der Waals surface area contributed by atoms with Crippen LogP contribution in [0.4, 0.5) is 26.1 Å². The molecular weight excluding hydrogens is 450 g/mol. The molecule has 3 N–H and O–H groups in total. The van der Waals surface area contributed by atoms with Gasteiger partial charge in [0.2, 0.25) is 11.9 Å². The van der Waals surface area contributed by atoms with Crippen molar-refractivity contribution in [3.63, 3.8) is 0 Å². The lowest BCUT2D eigenvalue weighted by atomic mass is 10.1. The van der Waals surface area contributed by atoms with E-state index in [0.717, 1.165) is 0 Å². The monoisotopic (exact) mass is 472 g/mol. The molecule has 5 rings (SSSR count). The van der Waals surface area contributed by atoms with Crippen LogP contribution in [0.25, 0.3) is 0 Å². The van der Waals surface area contributed by atoms with E-state index in [2.05, 4.69) is 25.3 Å². The van der Waals surface area contributed by atoms with Gasteiger partial charge >= 0.3 is 6.11 Å². The zero-order chi connectivity index (χ0) is 23.9. The van der Waals surface area contributed by atoms with Crippen molar-refractivity contribution >= 4 is 35.0 Å².